The Balaban J connectivity index is 1.39. The van der Waals surface area contributed by atoms with Gasteiger partial charge in [-0.25, -0.2) is 4.98 Å². The minimum absolute atomic E-state index is 0.0360. The van der Waals surface area contributed by atoms with Crippen LogP contribution in [0.4, 0.5) is 5.13 Å². The van der Waals surface area contributed by atoms with E-state index in [-0.39, 0.29) is 47.1 Å². The van der Waals surface area contributed by atoms with E-state index in [9.17, 15) is 24.3 Å². The van der Waals surface area contributed by atoms with E-state index in [4.69, 9.17) is 4.84 Å². The van der Waals surface area contributed by atoms with Gasteiger partial charge in [0, 0.05) is 35.3 Å². The monoisotopic (exact) mass is 602 g/mol. The van der Waals surface area contributed by atoms with E-state index < -0.39 is 28.7 Å². The average Bonchev–Trinajstić information content (AvgIpc) is 3.41. The van der Waals surface area contributed by atoms with Crippen molar-refractivity contribution >= 4 is 76.0 Å². The van der Waals surface area contributed by atoms with Gasteiger partial charge in [-0.2, -0.15) is 0 Å². The number of aliphatic carboxylic acids is 1. The Morgan fingerprint density at radius 3 is 2.95 bits per heavy atom. The third kappa shape index (κ3) is 6.54. The number of thiazole rings is 1. The van der Waals surface area contributed by atoms with Gasteiger partial charge in [0.25, 0.3) is 5.91 Å². The number of oxime groups is 1. The number of amides is 3. The Hall–Kier alpha value is -3.69. The topological polar surface area (TPSA) is 163 Å². The molecule has 12 nitrogen and oxygen atoms in total. The number of aryl methyl sites for hydroxylation is 1. The number of carbonyl (C=O) groups excluding carboxylic acids is 3. The minimum atomic E-state index is -1.14. The second-order valence-electron chi connectivity index (χ2n) is 8.88. The van der Waals surface area contributed by atoms with E-state index in [1.807, 2.05) is 30.5 Å². The molecular formula is C25H26N6O6S3. The van der Waals surface area contributed by atoms with E-state index in [0.29, 0.717) is 6.41 Å². The molecule has 2 saturated heterocycles. The van der Waals surface area contributed by atoms with Gasteiger partial charge >= 0.3 is 5.97 Å². The van der Waals surface area contributed by atoms with Gasteiger partial charge in [-0.3, -0.25) is 24.2 Å². The highest BCUT2D eigenvalue weighted by Gasteiger charge is 2.57. The van der Waals surface area contributed by atoms with Gasteiger partial charge in [-0.1, -0.05) is 23.9 Å². The number of hydrogen-bond acceptors (Lipinski definition) is 11. The Bertz CT molecular complexity index is 1350. The van der Waals surface area contributed by atoms with Gasteiger partial charge < -0.3 is 25.5 Å². The van der Waals surface area contributed by atoms with Crippen LogP contribution in [0, 0.1) is 12.3 Å². The van der Waals surface area contributed by atoms with Crippen LogP contribution in [0.3, 0.4) is 0 Å². The largest absolute Gasteiger partial charge is 0.481 e. The first-order valence-electron chi connectivity index (χ1n) is 11.9. The van der Waals surface area contributed by atoms with Crippen LogP contribution in [0.5, 0.6) is 0 Å². The van der Waals surface area contributed by atoms with E-state index in [0.717, 1.165) is 22.6 Å². The fraction of sp³-hybridized carbons (Fsp3) is 0.320. The van der Waals surface area contributed by atoms with Crippen LogP contribution in [-0.4, -0.2) is 86.0 Å². The highest BCUT2D eigenvalue weighted by Crippen LogP contribution is 2.43. The zero-order valence-corrected chi connectivity index (χ0v) is 23.8. The van der Waals surface area contributed by atoms with Crippen molar-refractivity contribution in [1.82, 2.24) is 20.2 Å². The first-order chi connectivity index (χ1) is 19.3. The van der Waals surface area contributed by atoms with E-state index in [1.165, 1.54) is 39.9 Å². The standard InChI is InChI=1S/C25H26N6O6S3/c1-3-7-37-30-18(17-10-39-24(28-17)27-14-32)20(33)29-19-21(34)31-11-25(23(35)36,13-40-22(19)31)12-38-8-6-16-5-4-15(2)26-9-16/h3-6,8-10,14,19,22H,1,7,11-13H2,2H3,(H,29,33)(H,35,36)(H,27,28,32)/t19?,22-,25?/m1/s1. The smallest absolute Gasteiger partial charge is 0.313 e. The quantitative estimate of drug-likeness (QED) is 0.0773. The minimum Gasteiger partial charge on any atom is -0.481 e. The van der Waals surface area contributed by atoms with Crippen molar-refractivity contribution in [2.75, 3.05) is 30.0 Å². The lowest BCUT2D eigenvalue weighted by Crippen LogP contribution is -2.74. The molecule has 2 unspecified atom stereocenters. The summed E-state index contributed by atoms with van der Waals surface area (Å²) >= 11 is 3.77. The SMILES string of the molecule is C=CCON=C(C(=O)NC1C(=O)N2CC(CSC=Cc3ccc(C)nc3)(C(=O)O)CS[C@H]12)c1csc(NC=O)n1. The first-order valence-corrected chi connectivity index (χ1v) is 14.9. The summed E-state index contributed by atoms with van der Waals surface area (Å²) in [4.78, 5) is 64.1. The molecule has 2 aromatic heterocycles. The van der Waals surface area contributed by atoms with Crippen molar-refractivity contribution in [2.24, 2.45) is 10.6 Å². The lowest BCUT2D eigenvalue weighted by molar-refractivity contribution is -0.157. The molecule has 3 amide bonds. The fourth-order valence-electron chi connectivity index (χ4n) is 3.89. The molecule has 40 heavy (non-hydrogen) atoms. The van der Waals surface area contributed by atoms with Crippen LogP contribution >= 0.6 is 34.9 Å². The van der Waals surface area contributed by atoms with Crippen molar-refractivity contribution in [3.05, 3.63) is 58.7 Å². The fourth-order valence-corrected chi connectivity index (χ4v) is 7.20. The van der Waals surface area contributed by atoms with Gasteiger partial charge in [0.2, 0.25) is 12.3 Å². The van der Waals surface area contributed by atoms with E-state index in [1.54, 1.807) is 6.20 Å². The molecule has 2 aliphatic heterocycles. The average molecular weight is 603 g/mol. The molecule has 0 bridgehead atoms. The molecule has 0 radical (unpaired) electrons. The van der Waals surface area contributed by atoms with Crippen molar-refractivity contribution in [1.29, 1.82) is 0 Å². The number of carboxylic acid groups (broad SMARTS) is 1. The second-order valence-corrected chi connectivity index (χ2v) is 11.7. The van der Waals surface area contributed by atoms with Crippen LogP contribution in [0.25, 0.3) is 6.08 Å². The molecule has 3 atom stereocenters. The number of nitrogens with one attached hydrogen (secondary N) is 2. The lowest BCUT2D eigenvalue weighted by Gasteiger charge is -2.53. The Morgan fingerprint density at radius 2 is 2.25 bits per heavy atom. The van der Waals surface area contributed by atoms with Crippen LogP contribution in [0.15, 0.2) is 46.9 Å². The predicted octanol–water partition coefficient (Wildman–Crippen LogP) is 2.20. The Morgan fingerprint density at radius 1 is 1.43 bits per heavy atom. The normalized spacial score (nSPS) is 22.3. The lowest BCUT2D eigenvalue weighted by atomic mass is 9.89. The number of thioether (sulfide) groups is 2. The summed E-state index contributed by atoms with van der Waals surface area (Å²) in [5, 5.41) is 22.2. The van der Waals surface area contributed by atoms with Crippen LogP contribution in [-0.2, 0) is 24.0 Å². The molecule has 0 aromatic carbocycles. The van der Waals surface area contributed by atoms with Crippen molar-refractivity contribution in [3.8, 4) is 0 Å². The third-order valence-corrected chi connectivity index (χ3v) is 9.44. The summed E-state index contributed by atoms with van der Waals surface area (Å²) in [6.07, 6.45) is 5.52. The number of carboxylic acids is 1. The molecule has 0 saturated carbocycles. The molecule has 0 spiro atoms. The summed E-state index contributed by atoms with van der Waals surface area (Å²) in [7, 11) is 0. The number of nitrogens with zero attached hydrogens (tertiary/aromatic N) is 4. The molecule has 2 aromatic rings. The summed E-state index contributed by atoms with van der Waals surface area (Å²) in [6.45, 7) is 5.51. The van der Waals surface area contributed by atoms with Gasteiger partial charge in [-0.05, 0) is 30.0 Å². The molecule has 2 fully saturated rings. The maximum Gasteiger partial charge on any atom is 0.313 e. The highest BCUT2D eigenvalue weighted by molar-refractivity contribution is 8.02. The van der Waals surface area contributed by atoms with Crippen LogP contribution in [0.2, 0.25) is 0 Å². The molecule has 4 rings (SSSR count). The number of β-lactam (4-membered cyclic amide) rings is 1. The van der Waals surface area contributed by atoms with E-state index in [2.05, 4.69) is 32.3 Å². The van der Waals surface area contributed by atoms with E-state index >= 15 is 0 Å². The predicted molar refractivity (Wildman–Crippen MR) is 155 cm³/mol. The number of anilines is 1. The number of rotatable bonds is 13. The molecule has 4 heterocycles. The zero-order valence-electron chi connectivity index (χ0n) is 21.3. The number of aromatic nitrogens is 2. The maximum atomic E-state index is 13.1. The third-order valence-electron chi connectivity index (χ3n) is 6.03. The molecule has 15 heteroatoms. The van der Waals surface area contributed by atoms with Gasteiger partial charge in [0.05, 0.1) is 0 Å². The summed E-state index contributed by atoms with van der Waals surface area (Å²) < 4.78 is 0. The number of carbonyl (C=O) groups is 4. The summed E-state index contributed by atoms with van der Waals surface area (Å²) in [6, 6.07) is 2.97. The number of pyridine rings is 1. The van der Waals surface area contributed by atoms with Crippen molar-refractivity contribution in [3.63, 3.8) is 0 Å². The highest BCUT2D eigenvalue weighted by atomic mass is 32.2. The van der Waals surface area contributed by atoms with Crippen LogP contribution < -0.4 is 10.6 Å². The maximum absolute atomic E-state index is 13.1. The molecular weight excluding hydrogens is 577 g/mol. The molecule has 2 aliphatic rings. The Kier molecular flexibility index (Phi) is 9.60. The van der Waals surface area contributed by atoms with Crippen molar-refractivity contribution in [2.45, 2.75) is 18.3 Å². The number of fused-ring (bicyclic) bond motifs is 1. The first kappa shape index (κ1) is 29.3. The summed E-state index contributed by atoms with van der Waals surface area (Å²) in [5.41, 5.74) is 0.665. The van der Waals surface area contributed by atoms with Crippen molar-refractivity contribution < 1.29 is 29.1 Å². The zero-order chi connectivity index (χ0) is 28.7. The molecule has 0 aliphatic carbocycles. The van der Waals surface area contributed by atoms with Gasteiger partial charge in [0.1, 0.15) is 29.1 Å². The number of hydrogen-bond donors (Lipinski definition) is 3. The molecule has 210 valence electrons. The van der Waals surface area contributed by atoms with Gasteiger partial charge in [0.15, 0.2) is 10.8 Å². The summed E-state index contributed by atoms with van der Waals surface area (Å²) in [5.74, 6) is -1.50. The van der Waals surface area contributed by atoms with Crippen LogP contribution in [0.1, 0.15) is 17.0 Å². The Labute approximate surface area is 242 Å². The molecule has 3 N–H and O–H groups in total. The van der Waals surface area contributed by atoms with Gasteiger partial charge in [-0.15, -0.1) is 34.9 Å². The second kappa shape index (κ2) is 13.1.